The Bertz CT molecular complexity index is 404. The topological polar surface area (TPSA) is 26.3 Å². The molecule has 2 unspecified atom stereocenters. The summed E-state index contributed by atoms with van der Waals surface area (Å²) < 4.78 is 5.57. The first-order chi connectivity index (χ1) is 8.34. The van der Waals surface area contributed by atoms with Crippen molar-refractivity contribution in [3.05, 3.63) is 21.9 Å². The Morgan fingerprint density at radius 3 is 3.18 bits per heavy atom. The van der Waals surface area contributed by atoms with Crippen molar-refractivity contribution in [2.75, 3.05) is 6.61 Å². The standard InChI is InChI=1S/C14H18O2S/c15-13(9-10-3-2-7-16-10)11-4-1-5-14-12(11)6-8-17-14/h6,8,10-11H,1-5,7,9H2. The molecule has 1 saturated heterocycles. The van der Waals surface area contributed by atoms with E-state index in [9.17, 15) is 4.79 Å². The minimum absolute atomic E-state index is 0.161. The fourth-order valence-electron chi connectivity index (χ4n) is 2.99. The normalized spacial score (nSPS) is 28.0. The molecular formula is C14H18O2S. The highest BCUT2D eigenvalue weighted by atomic mass is 32.1. The van der Waals surface area contributed by atoms with E-state index in [1.54, 1.807) is 11.3 Å². The maximum absolute atomic E-state index is 12.3. The molecule has 92 valence electrons. The van der Waals surface area contributed by atoms with Crippen LogP contribution >= 0.6 is 11.3 Å². The minimum Gasteiger partial charge on any atom is -0.378 e. The van der Waals surface area contributed by atoms with Crippen LogP contribution in [0.15, 0.2) is 11.4 Å². The predicted molar refractivity (Wildman–Crippen MR) is 68.6 cm³/mol. The van der Waals surface area contributed by atoms with E-state index in [4.69, 9.17) is 4.74 Å². The Balaban J connectivity index is 1.70. The minimum atomic E-state index is 0.161. The van der Waals surface area contributed by atoms with Crippen LogP contribution in [-0.4, -0.2) is 18.5 Å². The number of hydrogen-bond donors (Lipinski definition) is 0. The van der Waals surface area contributed by atoms with Gasteiger partial charge in [-0.1, -0.05) is 0 Å². The van der Waals surface area contributed by atoms with Gasteiger partial charge >= 0.3 is 0 Å². The number of rotatable bonds is 3. The van der Waals surface area contributed by atoms with Gasteiger partial charge in [0.05, 0.1) is 6.10 Å². The van der Waals surface area contributed by atoms with Crippen LogP contribution in [0.1, 0.15) is 48.5 Å². The fraction of sp³-hybridized carbons (Fsp3) is 0.643. The first-order valence-corrected chi connectivity index (χ1v) is 7.43. The Morgan fingerprint density at radius 2 is 2.35 bits per heavy atom. The zero-order chi connectivity index (χ0) is 11.7. The fourth-order valence-corrected chi connectivity index (χ4v) is 3.98. The quantitative estimate of drug-likeness (QED) is 0.822. The third kappa shape index (κ3) is 2.31. The molecule has 1 fully saturated rings. The van der Waals surface area contributed by atoms with Crippen molar-refractivity contribution >= 4 is 17.1 Å². The first kappa shape index (κ1) is 11.4. The van der Waals surface area contributed by atoms with Gasteiger partial charge in [-0.3, -0.25) is 4.79 Å². The van der Waals surface area contributed by atoms with Gasteiger partial charge in [-0.15, -0.1) is 11.3 Å². The average molecular weight is 250 g/mol. The molecule has 17 heavy (non-hydrogen) atoms. The van der Waals surface area contributed by atoms with E-state index in [2.05, 4.69) is 11.4 Å². The van der Waals surface area contributed by atoms with Gasteiger partial charge in [0.2, 0.25) is 0 Å². The lowest BCUT2D eigenvalue weighted by Crippen LogP contribution is -2.21. The highest BCUT2D eigenvalue weighted by Crippen LogP contribution is 2.36. The monoisotopic (exact) mass is 250 g/mol. The lowest BCUT2D eigenvalue weighted by molar-refractivity contribution is -0.122. The molecule has 2 atom stereocenters. The summed E-state index contributed by atoms with van der Waals surface area (Å²) >= 11 is 1.81. The van der Waals surface area contributed by atoms with Gasteiger partial charge in [-0.2, -0.15) is 0 Å². The summed E-state index contributed by atoms with van der Waals surface area (Å²) in [6.45, 7) is 0.840. The largest absolute Gasteiger partial charge is 0.378 e. The maximum Gasteiger partial charge on any atom is 0.142 e. The first-order valence-electron chi connectivity index (χ1n) is 6.55. The molecule has 2 aliphatic rings. The molecule has 0 saturated carbocycles. The zero-order valence-electron chi connectivity index (χ0n) is 9.98. The summed E-state index contributed by atoms with van der Waals surface area (Å²) in [4.78, 5) is 13.8. The van der Waals surface area contributed by atoms with Gasteiger partial charge in [0.25, 0.3) is 0 Å². The van der Waals surface area contributed by atoms with Crippen LogP contribution < -0.4 is 0 Å². The molecule has 1 aromatic rings. The number of aryl methyl sites for hydroxylation is 1. The number of carbonyl (C=O) groups excluding carboxylic acids is 1. The lowest BCUT2D eigenvalue weighted by atomic mass is 9.83. The van der Waals surface area contributed by atoms with Crippen LogP contribution in [0.3, 0.4) is 0 Å². The second kappa shape index (κ2) is 4.91. The van der Waals surface area contributed by atoms with E-state index in [1.165, 1.54) is 10.4 Å². The highest BCUT2D eigenvalue weighted by Gasteiger charge is 2.29. The smallest absolute Gasteiger partial charge is 0.142 e. The highest BCUT2D eigenvalue weighted by molar-refractivity contribution is 7.10. The molecular weight excluding hydrogens is 232 g/mol. The summed E-state index contributed by atoms with van der Waals surface area (Å²) in [5.41, 5.74) is 1.31. The molecule has 1 aliphatic carbocycles. The molecule has 0 amide bonds. The number of hydrogen-bond acceptors (Lipinski definition) is 3. The van der Waals surface area contributed by atoms with Gasteiger partial charge in [-0.25, -0.2) is 0 Å². The molecule has 3 rings (SSSR count). The maximum atomic E-state index is 12.3. The van der Waals surface area contributed by atoms with E-state index in [0.717, 1.165) is 38.7 Å². The second-order valence-corrected chi connectivity index (χ2v) is 6.05. The predicted octanol–water partition coefficient (Wildman–Crippen LogP) is 3.31. The number of carbonyl (C=O) groups is 1. The molecule has 2 nitrogen and oxygen atoms in total. The van der Waals surface area contributed by atoms with E-state index in [-0.39, 0.29) is 12.0 Å². The third-order valence-corrected chi connectivity index (χ3v) is 4.89. The summed E-state index contributed by atoms with van der Waals surface area (Å²) in [5, 5.41) is 2.13. The second-order valence-electron chi connectivity index (χ2n) is 5.05. The number of ether oxygens (including phenoxy) is 1. The SMILES string of the molecule is O=C(CC1CCCO1)C1CCCc2sccc21. The number of thiophene rings is 1. The molecule has 0 radical (unpaired) electrons. The third-order valence-electron chi connectivity index (χ3n) is 3.89. The van der Waals surface area contributed by atoms with Crippen molar-refractivity contribution < 1.29 is 9.53 Å². The van der Waals surface area contributed by atoms with Crippen LogP contribution in [0.5, 0.6) is 0 Å². The van der Waals surface area contributed by atoms with Crippen LogP contribution in [0.25, 0.3) is 0 Å². The van der Waals surface area contributed by atoms with Gasteiger partial charge in [0, 0.05) is 23.8 Å². The number of ketones is 1. The van der Waals surface area contributed by atoms with Gasteiger partial charge in [-0.05, 0) is 49.1 Å². The Morgan fingerprint density at radius 1 is 1.41 bits per heavy atom. The summed E-state index contributed by atoms with van der Waals surface area (Å²) in [7, 11) is 0. The molecule has 2 heterocycles. The van der Waals surface area contributed by atoms with Crippen LogP contribution in [0.4, 0.5) is 0 Å². The van der Waals surface area contributed by atoms with Gasteiger partial charge in [0.1, 0.15) is 5.78 Å². The summed E-state index contributed by atoms with van der Waals surface area (Å²) in [5.74, 6) is 0.561. The molecule has 0 spiro atoms. The van der Waals surface area contributed by atoms with Crippen LogP contribution in [0, 0.1) is 0 Å². The van der Waals surface area contributed by atoms with Gasteiger partial charge < -0.3 is 4.74 Å². The van der Waals surface area contributed by atoms with Crippen molar-refractivity contribution in [3.8, 4) is 0 Å². The summed E-state index contributed by atoms with van der Waals surface area (Å²) in [6, 6.07) is 2.15. The molecule has 3 heteroatoms. The average Bonchev–Trinajstić information content (AvgIpc) is 2.97. The van der Waals surface area contributed by atoms with E-state index >= 15 is 0 Å². The van der Waals surface area contributed by atoms with E-state index < -0.39 is 0 Å². The van der Waals surface area contributed by atoms with E-state index in [0.29, 0.717) is 12.2 Å². The van der Waals surface area contributed by atoms with Crippen molar-refractivity contribution in [1.29, 1.82) is 0 Å². The molecule has 0 aromatic carbocycles. The molecule has 0 N–H and O–H groups in total. The Kier molecular flexibility index (Phi) is 3.30. The van der Waals surface area contributed by atoms with Crippen molar-refractivity contribution in [1.82, 2.24) is 0 Å². The van der Waals surface area contributed by atoms with Crippen molar-refractivity contribution in [2.45, 2.75) is 50.5 Å². The Hall–Kier alpha value is -0.670. The molecule has 0 bridgehead atoms. The Labute approximate surface area is 106 Å². The van der Waals surface area contributed by atoms with Crippen molar-refractivity contribution in [2.24, 2.45) is 0 Å². The van der Waals surface area contributed by atoms with E-state index in [1.807, 2.05) is 0 Å². The van der Waals surface area contributed by atoms with Gasteiger partial charge in [0.15, 0.2) is 0 Å². The number of fused-ring (bicyclic) bond motifs is 1. The molecule has 1 aromatic heterocycles. The number of Topliss-reactive ketones (excluding diaryl/α,β-unsaturated/α-hetero) is 1. The lowest BCUT2D eigenvalue weighted by Gasteiger charge is -2.22. The molecule has 1 aliphatic heterocycles. The summed E-state index contributed by atoms with van der Waals surface area (Å²) in [6.07, 6.45) is 6.37. The van der Waals surface area contributed by atoms with Crippen LogP contribution in [-0.2, 0) is 16.0 Å². The van der Waals surface area contributed by atoms with Crippen LogP contribution in [0.2, 0.25) is 0 Å². The van der Waals surface area contributed by atoms with Crippen molar-refractivity contribution in [3.63, 3.8) is 0 Å². The zero-order valence-corrected chi connectivity index (χ0v) is 10.8.